The van der Waals surface area contributed by atoms with E-state index in [1.807, 2.05) is 11.8 Å². The molecule has 1 unspecified atom stereocenters. The van der Waals surface area contributed by atoms with Crippen LogP contribution in [0.4, 0.5) is 5.82 Å². The zero-order chi connectivity index (χ0) is 13.7. The van der Waals surface area contributed by atoms with Crippen LogP contribution in [-0.2, 0) is 4.79 Å². The summed E-state index contributed by atoms with van der Waals surface area (Å²) in [6.07, 6.45) is 1.50. The van der Waals surface area contributed by atoms with Gasteiger partial charge in [0.15, 0.2) is 0 Å². The molecular weight excluding hydrogens is 234 g/mol. The number of carbonyl (C=O) groups is 2. The highest BCUT2D eigenvalue weighted by Gasteiger charge is 2.17. The average molecular weight is 251 g/mol. The van der Waals surface area contributed by atoms with Gasteiger partial charge in [0.05, 0.1) is 6.42 Å². The summed E-state index contributed by atoms with van der Waals surface area (Å²) in [6, 6.07) is 2.90. The number of anilines is 1. The van der Waals surface area contributed by atoms with E-state index in [1.165, 1.54) is 12.3 Å². The highest BCUT2D eigenvalue weighted by atomic mass is 16.4. The lowest BCUT2D eigenvalue weighted by Crippen LogP contribution is -2.35. The standard InChI is InChI=1S/C12H17N3O3/c1-3-15(8(2)6-11(16)17)10-7-9(12(13)18)4-5-14-10/h4-5,7-8H,3,6H2,1-2H3,(H2,13,18)(H,16,17). The number of aliphatic carboxylic acids is 1. The molecule has 0 spiro atoms. The normalized spacial score (nSPS) is 11.9. The molecular formula is C12H17N3O3. The third-order valence-electron chi connectivity index (χ3n) is 2.67. The van der Waals surface area contributed by atoms with Gasteiger partial charge >= 0.3 is 5.97 Å². The molecule has 0 aliphatic carbocycles. The summed E-state index contributed by atoms with van der Waals surface area (Å²) < 4.78 is 0. The molecule has 0 radical (unpaired) electrons. The predicted octanol–water partition coefficient (Wildman–Crippen LogP) is 0.870. The Morgan fingerprint density at radius 2 is 2.22 bits per heavy atom. The van der Waals surface area contributed by atoms with Gasteiger partial charge in [-0.25, -0.2) is 4.98 Å². The van der Waals surface area contributed by atoms with E-state index in [0.717, 1.165) is 0 Å². The fourth-order valence-electron chi connectivity index (χ4n) is 1.79. The largest absolute Gasteiger partial charge is 0.481 e. The van der Waals surface area contributed by atoms with E-state index in [-0.39, 0.29) is 12.5 Å². The number of hydrogen-bond acceptors (Lipinski definition) is 4. The molecule has 3 N–H and O–H groups in total. The summed E-state index contributed by atoms with van der Waals surface area (Å²) in [5.41, 5.74) is 5.56. The second kappa shape index (κ2) is 6.00. The highest BCUT2D eigenvalue weighted by molar-refractivity contribution is 5.93. The van der Waals surface area contributed by atoms with Crippen molar-refractivity contribution in [2.75, 3.05) is 11.4 Å². The number of carboxylic acids is 1. The Bertz CT molecular complexity index is 448. The van der Waals surface area contributed by atoms with Crippen LogP contribution in [0.2, 0.25) is 0 Å². The molecule has 0 fully saturated rings. The van der Waals surface area contributed by atoms with Crippen LogP contribution in [0.25, 0.3) is 0 Å². The molecule has 0 aliphatic heterocycles. The molecule has 0 saturated carbocycles. The van der Waals surface area contributed by atoms with Crippen molar-refractivity contribution in [1.82, 2.24) is 4.98 Å². The van der Waals surface area contributed by atoms with Crippen LogP contribution in [0.15, 0.2) is 18.3 Å². The lowest BCUT2D eigenvalue weighted by molar-refractivity contribution is -0.137. The van der Waals surface area contributed by atoms with Crippen molar-refractivity contribution < 1.29 is 14.7 Å². The Hall–Kier alpha value is -2.11. The van der Waals surface area contributed by atoms with Gasteiger partial charge in [-0.05, 0) is 26.0 Å². The fourth-order valence-corrected chi connectivity index (χ4v) is 1.79. The Balaban J connectivity index is 2.97. The fraction of sp³-hybridized carbons (Fsp3) is 0.417. The van der Waals surface area contributed by atoms with Gasteiger partial charge in [0.25, 0.3) is 0 Å². The minimum atomic E-state index is -0.869. The molecule has 0 aliphatic rings. The van der Waals surface area contributed by atoms with E-state index >= 15 is 0 Å². The predicted molar refractivity (Wildman–Crippen MR) is 67.5 cm³/mol. The lowest BCUT2D eigenvalue weighted by atomic mass is 10.2. The second-order valence-corrected chi connectivity index (χ2v) is 4.00. The molecule has 1 rings (SSSR count). The number of aromatic nitrogens is 1. The van der Waals surface area contributed by atoms with Crippen LogP contribution in [0.5, 0.6) is 0 Å². The summed E-state index contributed by atoms with van der Waals surface area (Å²) in [5, 5.41) is 8.80. The number of hydrogen-bond donors (Lipinski definition) is 2. The van der Waals surface area contributed by atoms with E-state index in [0.29, 0.717) is 17.9 Å². The summed E-state index contributed by atoms with van der Waals surface area (Å²) in [6.45, 7) is 4.30. The van der Waals surface area contributed by atoms with Crippen molar-refractivity contribution in [3.63, 3.8) is 0 Å². The molecule has 6 nitrogen and oxygen atoms in total. The van der Waals surface area contributed by atoms with Crippen molar-refractivity contribution >= 4 is 17.7 Å². The van der Waals surface area contributed by atoms with Gasteiger partial charge in [0.2, 0.25) is 5.91 Å². The maximum absolute atomic E-state index is 11.1. The zero-order valence-corrected chi connectivity index (χ0v) is 10.5. The number of amides is 1. The second-order valence-electron chi connectivity index (χ2n) is 4.00. The van der Waals surface area contributed by atoms with E-state index < -0.39 is 11.9 Å². The van der Waals surface area contributed by atoms with Crippen LogP contribution < -0.4 is 10.6 Å². The first-order valence-corrected chi connectivity index (χ1v) is 5.70. The zero-order valence-electron chi connectivity index (χ0n) is 10.5. The third kappa shape index (κ3) is 3.44. The number of nitrogens with zero attached hydrogens (tertiary/aromatic N) is 2. The van der Waals surface area contributed by atoms with Crippen molar-refractivity contribution in [3.8, 4) is 0 Å². The molecule has 0 aromatic carbocycles. The number of carbonyl (C=O) groups excluding carboxylic acids is 1. The van der Waals surface area contributed by atoms with E-state index in [9.17, 15) is 9.59 Å². The summed E-state index contributed by atoms with van der Waals surface area (Å²) >= 11 is 0. The van der Waals surface area contributed by atoms with Gasteiger partial charge in [0.1, 0.15) is 5.82 Å². The summed E-state index contributed by atoms with van der Waals surface area (Å²) in [5.74, 6) is -0.838. The number of pyridine rings is 1. The number of primary amides is 1. The Morgan fingerprint density at radius 3 is 2.72 bits per heavy atom. The SMILES string of the molecule is CCN(c1cc(C(N)=O)ccn1)C(C)CC(=O)O. The monoisotopic (exact) mass is 251 g/mol. The molecule has 1 aromatic rings. The Labute approximate surface area is 105 Å². The molecule has 0 bridgehead atoms. The van der Waals surface area contributed by atoms with Crippen LogP contribution in [0, 0.1) is 0 Å². The van der Waals surface area contributed by atoms with E-state index in [2.05, 4.69) is 4.98 Å². The van der Waals surface area contributed by atoms with Crippen molar-refractivity contribution in [3.05, 3.63) is 23.9 Å². The van der Waals surface area contributed by atoms with Gasteiger partial charge < -0.3 is 15.7 Å². The van der Waals surface area contributed by atoms with Crippen molar-refractivity contribution in [1.29, 1.82) is 0 Å². The van der Waals surface area contributed by atoms with Crippen molar-refractivity contribution in [2.24, 2.45) is 5.73 Å². The number of nitrogens with two attached hydrogens (primary N) is 1. The quantitative estimate of drug-likeness (QED) is 0.782. The first-order valence-electron chi connectivity index (χ1n) is 5.70. The topological polar surface area (TPSA) is 96.5 Å². The molecule has 98 valence electrons. The van der Waals surface area contributed by atoms with Crippen LogP contribution >= 0.6 is 0 Å². The van der Waals surface area contributed by atoms with Gasteiger partial charge in [-0.1, -0.05) is 0 Å². The average Bonchev–Trinajstić information content (AvgIpc) is 2.29. The highest BCUT2D eigenvalue weighted by Crippen LogP contribution is 2.16. The molecule has 18 heavy (non-hydrogen) atoms. The van der Waals surface area contributed by atoms with Gasteiger partial charge in [-0.2, -0.15) is 0 Å². The Kier molecular flexibility index (Phi) is 4.65. The maximum atomic E-state index is 11.1. The van der Waals surface area contributed by atoms with Gasteiger partial charge in [-0.3, -0.25) is 9.59 Å². The first kappa shape index (κ1) is 14.0. The molecule has 1 atom stereocenters. The Morgan fingerprint density at radius 1 is 1.56 bits per heavy atom. The van der Waals surface area contributed by atoms with E-state index in [4.69, 9.17) is 10.8 Å². The molecule has 0 saturated heterocycles. The van der Waals surface area contributed by atoms with Crippen LogP contribution in [0.3, 0.4) is 0 Å². The van der Waals surface area contributed by atoms with E-state index in [1.54, 1.807) is 13.0 Å². The molecule has 1 amide bonds. The smallest absolute Gasteiger partial charge is 0.305 e. The van der Waals surface area contributed by atoms with Crippen molar-refractivity contribution in [2.45, 2.75) is 26.3 Å². The maximum Gasteiger partial charge on any atom is 0.305 e. The van der Waals surface area contributed by atoms with Gasteiger partial charge in [-0.15, -0.1) is 0 Å². The van der Waals surface area contributed by atoms with Gasteiger partial charge in [0, 0.05) is 24.3 Å². The number of carboxylic acid groups (broad SMARTS) is 1. The molecule has 6 heteroatoms. The minimum Gasteiger partial charge on any atom is -0.481 e. The van der Waals surface area contributed by atoms with Crippen LogP contribution in [-0.4, -0.2) is 34.6 Å². The van der Waals surface area contributed by atoms with Crippen LogP contribution in [0.1, 0.15) is 30.6 Å². The summed E-state index contributed by atoms with van der Waals surface area (Å²) in [7, 11) is 0. The first-order chi connectivity index (χ1) is 8.45. The molecule has 1 heterocycles. The minimum absolute atomic E-state index is 0.0102. The summed E-state index contributed by atoms with van der Waals surface area (Å²) in [4.78, 5) is 27.8. The number of rotatable bonds is 6. The third-order valence-corrected chi connectivity index (χ3v) is 2.67. The lowest BCUT2D eigenvalue weighted by Gasteiger charge is -2.28. The molecule has 1 aromatic heterocycles.